The molecule has 0 fully saturated rings. The summed E-state index contributed by atoms with van der Waals surface area (Å²) < 4.78 is 16.9. The molecule has 2 aromatic carbocycles. The number of anilines is 1. The van der Waals surface area contributed by atoms with Crippen LogP contribution in [0.4, 0.5) is 5.69 Å². The quantitative estimate of drug-likeness (QED) is 0.553. The Morgan fingerprint density at radius 2 is 1.86 bits per heavy atom. The molecule has 0 N–H and O–H groups in total. The van der Waals surface area contributed by atoms with Gasteiger partial charge in [0.1, 0.15) is 25.2 Å². The Kier molecular flexibility index (Phi) is 5.76. The second kappa shape index (κ2) is 8.79. The first-order valence-electron chi connectivity index (χ1n) is 9.13. The SMILES string of the molecule is O=Cc1ccc(OCC(=O)N(Cc2cccs2)c2ccc3c(c2)OCCO3)cc1. The molecule has 0 saturated carbocycles. The molecule has 1 amide bonds. The van der Waals surface area contributed by atoms with Crippen molar-refractivity contribution in [3.63, 3.8) is 0 Å². The number of ether oxygens (including phenoxy) is 3. The van der Waals surface area contributed by atoms with Gasteiger partial charge in [-0.25, -0.2) is 0 Å². The van der Waals surface area contributed by atoms with E-state index in [-0.39, 0.29) is 12.5 Å². The molecule has 0 atom stereocenters. The van der Waals surface area contributed by atoms with Crippen LogP contribution in [0, 0.1) is 0 Å². The second-order valence-corrected chi connectivity index (χ2v) is 7.40. The number of thiophene rings is 1. The molecule has 3 aromatic rings. The highest BCUT2D eigenvalue weighted by atomic mass is 32.1. The molecule has 1 aliphatic heterocycles. The number of nitrogens with zero attached hydrogens (tertiary/aromatic N) is 1. The standard InChI is InChI=1S/C22H19NO5S/c24-14-16-3-6-18(7-4-16)28-15-22(25)23(13-19-2-1-11-29-19)17-5-8-20-21(12-17)27-10-9-26-20/h1-8,11-12,14H,9-10,13,15H2. The Morgan fingerprint density at radius 3 is 2.59 bits per heavy atom. The normalized spacial score (nSPS) is 12.3. The van der Waals surface area contributed by atoms with E-state index in [4.69, 9.17) is 14.2 Å². The highest BCUT2D eigenvalue weighted by Gasteiger charge is 2.21. The fourth-order valence-electron chi connectivity index (χ4n) is 2.95. The smallest absolute Gasteiger partial charge is 0.265 e. The largest absolute Gasteiger partial charge is 0.486 e. The average molecular weight is 409 g/mol. The van der Waals surface area contributed by atoms with Gasteiger partial charge < -0.3 is 19.1 Å². The van der Waals surface area contributed by atoms with Crippen LogP contribution in [0.15, 0.2) is 60.0 Å². The number of aldehydes is 1. The third-order valence-electron chi connectivity index (χ3n) is 4.41. The maximum absolute atomic E-state index is 13.0. The molecule has 0 radical (unpaired) electrons. The molecule has 1 aliphatic rings. The lowest BCUT2D eigenvalue weighted by Crippen LogP contribution is -2.34. The van der Waals surface area contributed by atoms with Gasteiger partial charge in [-0.05, 0) is 47.8 Å². The summed E-state index contributed by atoms with van der Waals surface area (Å²) in [5.74, 6) is 1.65. The zero-order chi connectivity index (χ0) is 20.1. The van der Waals surface area contributed by atoms with Crippen LogP contribution in [0.3, 0.4) is 0 Å². The molecular formula is C22H19NO5S. The van der Waals surface area contributed by atoms with Crippen LogP contribution in [-0.4, -0.2) is 32.0 Å². The van der Waals surface area contributed by atoms with Crippen LogP contribution < -0.4 is 19.1 Å². The summed E-state index contributed by atoms with van der Waals surface area (Å²) in [5.41, 5.74) is 1.27. The van der Waals surface area contributed by atoms with Crippen molar-refractivity contribution in [2.24, 2.45) is 0 Å². The molecule has 148 valence electrons. The molecule has 0 aliphatic carbocycles. The summed E-state index contributed by atoms with van der Waals surface area (Å²) >= 11 is 1.59. The summed E-state index contributed by atoms with van der Waals surface area (Å²) in [6.07, 6.45) is 0.763. The lowest BCUT2D eigenvalue weighted by Gasteiger charge is -2.25. The number of hydrogen-bond acceptors (Lipinski definition) is 6. The Bertz CT molecular complexity index is 985. The van der Waals surface area contributed by atoms with Gasteiger partial charge in [0, 0.05) is 22.2 Å². The zero-order valence-corrected chi connectivity index (χ0v) is 16.4. The van der Waals surface area contributed by atoms with Crippen molar-refractivity contribution in [3.05, 3.63) is 70.4 Å². The number of rotatable bonds is 7. The van der Waals surface area contributed by atoms with E-state index in [0.717, 1.165) is 11.2 Å². The number of carbonyl (C=O) groups is 2. The molecule has 7 heteroatoms. The van der Waals surface area contributed by atoms with Crippen molar-refractivity contribution in [1.82, 2.24) is 0 Å². The number of amides is 1. The first kappa shape index (κ1) is 19.0. The minimum atomic E-state index is -0.186. The summed E-state index contributed by atoms with van der Waals surface area (Å²) in [7, 11) is 0. The van der Waals surface area contributed by atoms with Crippen molar-refractivity contribution in [2.45, 2.75) is 6.54 Å². The van der Waals surface area contributed by atoms with Gasteiger partial charge in [0.25, 0.3) is 5.91 Å². The first-order chi connectivity index (χ1) is 14.2. The molecule has 29 heavy (non-hydrogen) atoms. The van der Waals surface area contributed by atoms with Crippen molar-refractivity contribution >= 4 is 29.2 Å². The Hall–Kier alpha value is -3.32. The first-order valence-corrected chi connectivity index (χ1v) is 10.0. The Labute approximate surface area is 172 Å². The minimum Gasteiger partial charge on any atom is -0.486 e. The molecule has 1 aromatic heterocycles. The molecule has 6 nitrogen and oxygen atoms in total. The van der Waals surface area contributed by atoms with Crippen LogP contribution in [-0.2, 0) is 11.3 Å². The molecular weight excluding hydrogens is 390 g/mol. The van der Waals surface area contributed by atoms with E-state index in [0.29, 0.717) is 48.3 Å². The van der Waals surface area contributed by atoms with E-state index in [9.17, 15) is 9.59 Å². The number of hydrogen-bond donors (Lipinski definition) is 0. The van der Waals surface area contributed by atoms with Crippen LogP contribution in [0.5, 0.6) is 17.2 Å². The van der Waals surface area contributed by atoms with Gasteiger partial charge in [-0.3, -0.25) is 9.59 Å². The summed E-state index contributed by atoms with van der Waals surface area (Å²) in [6, 6.07) is 16.1. The van der Waals surface area contributed by atoms with Gasteiger partial charge in [0.05, 0.1) is 6.54 Å². The van der Waals surface area contributed by atoms with Crippen molar-refractivity contribution < 1.29 is 23.8 Å². The minimum absolute atomic E-state index is 0.125. The van der Waals surface area contributed by atoms with Crippen LogP contribution in [0.2, 0.25) is 0 Å². The van der Waals surface area contributed by atoms with Gasteiger partial charge in [-0.2, -0.15) is 0 Å². The van der Waals surface area contributed by atoms with E-state index in [2.05, 4.69) is 0 Å². The molecule has 0 saturated heterocycles. The van der Waals surface area contributed by atoms with Crippen LogP contribution >= 0.6 is 11.3 Å². The van der Waals surface area contributed by atoms with Crippen molar-refractivity contribution in [2.75, 3.05) is 24.7 Å². The predicted molar refractivity (Wildman–Crippen MR) is 110 cm³/mol. The highest BCUT2D eigenvalue weighted by Crippen LogP contribution is 2.34. The van der Waals surface area contributed by atoms with Crippen molar-refractivity contribution in [1.29, 1.82) is 0 Å². The monoisotopic (exact) mass is 409 g/mol. The fraction of sp³-hybridized carbons (Fsp3) is 0.182. The van der Waals surface area contributed by atoms with E-state index < -0.39 is 0 Å². The Balaban J connectivity index is 1.53. The van der Waals surface area contributed by atoms with Gasteiger partial charge >= 0.3 is 0 Å². The molecule has 0 bridgehead atoms. The second-order valence-electron chi connectivity index (χ2n) is 6.36. The maximum atomic E-state index is 13.0. The molecule has 4 rings (SSSR count). The lowest BCUT2D eigenvalue weighted by atomic mass is 10.2. The van der Waals surface area contributed by atoms with Gasteiger partial charge in [0.15, 0.2) is 18.1 Å². The third kappa shape index (κ3) is 4.57. The summed E-state index contributed by atoms with van der Waals surface area (Å²) in [5, 5.41) is 1.98. The van der Waals surface area contributed by atoms with Crippen LogP contribution in [0.25, 0.3) is 0 Å². The zero-order valence-electron chi connectivity index (χ0n) is 15.6. The van der Waals surface area contributed by atoms with E-state index in [1.54, 1.807) is 40.5 Å². The number of carbonyl (C=O) groups excluding carboxylic acids is 2. The Morgan fingerprint density at radius 1 is 1.07 bits per heavy atom. The average Bonchev–Trinajstić information content (AvgIpc) is 3.29. The van der Waals surface area contributed by atoms with E-state index in [1.165, 1.54) is 0 Å². The van der Waals surface area contributed by atoms with Gasteiger partial charge in [0.2, 0.25) is 0 Å². The number of benzene rings is 2. The fourth-order valence-corrected chi connectivity index (χ4v) is 3.64. The topological polar surface area (TPSA) is 65.1 Å². The number of fused-ring (bicyclic) bond motifs is 1. The lowest BCUT2D eigenvalue weighted by molar-refractivity contribution is -0.120. The van der Waals surface area contributed by atoms with E-state index >= 15 is 0 Å². The highest BCUT2D eigenvalue weighted by molar-refractivity contribution is 7.09. The summed E-state index contributed by atoms with van der Waals surface area (Å²) in [4.78, 5) is 26.5. The maximum Gasteiger partial charge on any atom is 0.265 e. The van der Waals surface area contributed by atoms with E-state index in [1.807, 2.05) is 35.7 Å². The molecule has 0 unspecified atom stereocenters. The van der Waals surface area contributed by atoms with Gasteiger partial charge in [-0.15, -0.1) is 11.3 Å². The van der Waals surface area contributed by atoms with Gasteiger partial charge in [-0.1, -0.05) is 6.07 Å². The van der Waals surface area contributed by atoms with Crippen molar-refractivity contribution in [3.8, 4) is 17.2 Å². The summed E-state index contributed by atoms with van der Waals surface area (Å²) in [6.45, 7) is 1.31. The predicted octanol–water partition coefficient (Wildman–Crippen LogP) is 3.94. The molecule has 0 spiro atoms. The van der Waals surface area contributed by atoms with Crippen LogP contribution in [0.1, 0.15) is 15.2 Å². The molecule has 2 heterocycles. The third-order valence-corrected chi connectivity index (χ3v) is 5.27.